The minimum atomic E-state index is -4.80. The van der Waals surface area contributed by atoms with E-state index in [-0.39, 0.29) is 35.9 Å². The molecule has 0 bridgehead atoms. The number of carbonyl (C=O) groups excluding carboxylic acids is 1. The summed E-state index contributed by atoms with van der Waals surface area (Å²) >= 11 is 0. The van der Waals surface area contributed by atoms with Crippen LogP contribution in [0.15, 0.2) is 42.5 Å². The average molecular weight is 590 g/mol. The maximum Gasteiger partial charge on any atom is 0.461 e. The zero-order valence-corrected chi connectivity index (χ0v) is 21.9. The summed E-state index contributed by atoms with van der Waals surface area (Å²) in [6.45, 7) is 3.31. The van der Waals surface area contributed by atoms with Crippen LogP contribution in [0, 0.1) is 0 Å². The van der Waals surface area contributed by atoms with Crippen LogP contribution in [-0.4, -0.2) is 58.0 Å². The molecule has 9 nitrogen and oxygen atoms in total. The van der Waals surface area contributed by atoms with Crippen molar-refractivity contribution in [3.05, 3.63) is 59.4 Å². The monoisotopic (exact) mass is 590 g/mol. The lowest BCUT2D eigenvalue weighted by Gasteiger charge is -2.45. The topological polar surface area (TPSA) is 85.6 Å². The molecule has 0 radical (unpaired) electrons. The molecule has 0 spiro atoms. The number of nitrogens with zero attached hydrogens (tertiary/aromatic N) is 6. The van der Waals surface area contributed by atoms with E-state index >= 15 is 0 Å². The molecule has 0 saturated heterocycles. The van der Waals surface area contributed by atoms with Crippen molar-refractivity contribution in [3.8, 4) is 5.75 Å². The van der Waals surface area contributed by atoms with Crippen molar-refractivity contribution in [1.82, 2.24) is 20.2 Å². The number of alkyl halides is 7. The molecule has 2 atom stereocenters. The number of ether oxygens (including phenoxy) is 2. The summed E-state index contributed by atoms with van der Waals surface area (Å²) in [7, 11) is 1.44. The molecule has 1 aromatic heterocycles. The third-order valence-corrected chi connectivity index (χ3v) is 6.34. The lowest BCUT2D eigenvalue weighted by Crippen LogP contribution is -2.52. The quantitative estimate of drug-likeness (QED) is 0.306. The highest BCUT2D eigenvalue weighted by Crippen LogP contribution is 2.45. The summed E-state index contributed by atoms with van der Waals surface area (Å²) < 4.78 is 104. The Morgan fingerprint density at radius 3 is 2.39 bits per heavy atom. The Balaban J connectivity index is 1.92. The first-order valence-corrected chi connectivity index (χ1v) is 12.4. The van der Waals surface area contributed by atoms with Gasteiger partial charge < -0.3 is 14.4 Å². The molecule has 0 aliphatic carbocycles. The van der Waals surface area contributed by atoms with Gasteiger partial charge in [0, 0.05) is 6.54 Å². The molecule has 222 valence electrons. The number of amides is 1. The van der Waals surface area contributed by atoms with E-state index in [1.165, 1.54) is 29.0 Å². The standard InChI is InChI=1S/C25H25F7N6O3/c1-4-16-13-37(19-12-15(24(28,29)30)9-10-18(19)38(16)23(39)40-5-2)20(21-33-35-36(3)34-21)14-7-6-8-17(11-14)41-25(31,32)22(26)27/h6-12,16,20,22H,4-5,13H2,1-3H3/t16-,20+/m1/s1. The Bertz CT molecular complexity index is 1380. The smallest absolute Gasteiger partial charge is 0.449 e. The van der Waals surface area contributed by atoms with Crippen molar-refractivity contribution in [2.45, 2.75) is 51.1 Å². The number of halogens is 7. The van der Waals surface area contributed by atoms with Gasteiger partial charge in [-0.2, -0.15) is 35.5 Å². The first kappa shape index (κ1) is 29.9. The Morgan fingerprint density at radius 1 is 1.07 bits per heavy atom. The van der Waals surface area contributed by atoms with E-state index in [0.29, 0.717) is 6.42 Å². The Morgan fingerprint density at radius 2 is 1.80 bits per heavy atom. The van der Waals surface area contributed by atoms with Crippen LogP contribution in [0.2, 0.25) is 0 Å². The summed E-state index contributed by atoms with van der Waals surface area (Å²) in [5.74, 6) is -0.656. The SMILES string of the molecule is CCOC(=O)N1c2ccc(C(F)(F)F)cc2N([C@@H](c2cccc(OC(F)(F)C(F)F)c2)c2nnn(C)n2)C[C@H]1CC. The lowest BCUT2D eigenvalue weighted by atomic mass is 9.97. The number of anilines is 2. The third kappa shape index (κ3) is 6.15. The maximum atomic E-state index is 13.8. The molecule has 0 N–H and O–H groups in total. The Hall–Kier alpha value is -4.11. The van der Waals surface area contributed by atoms with Crippen molar-refractivity contribution in [1.29, 1.82) is 0 Å². The first-order valence-electron chi connectivity index (χ1n) is 12.4. The largest absolute Gasteiger partial charge is 0.461 e. The van der Waals surface area contributed by atoms with E-state index in [2.05, 4.69) is 20.1 Å². The van der Waals surface area contributed by atoms with E-state index < -0.39 is 48.2 Å². The summed E-state index contributed by atoms with van der Waals surface area (Å²) in [6.07, 6.45) is -14.1. The normalized spacial score (nSPS) is 16.5. The molecule has 4 rings (SSSR count). The zero-order valence-electron chi connectivity index (χ0n) is 21.9. The van der Waals surface area contributed by atoms with Crippen LogP contribution in [0.4, 0.5) is 46.9 Å². The van der Waals surface area contributed by atoms with Gasteiger partial charge >= 0.3 is 24.8 Å². The van der Waals surface area contributed by atoms with Gasteiger partial charge in [-0.3, -0.25) is 4.90 Å². The van der Waals surface area contributed by atoms with Crippen LogP contribution in [-0.2, 0) is 18.0 Å². The van der Waals surface area contributed by atoms with Crippen LogP contribution in [0.1, 0.15) is 43.3 Å². The molecule has 0 fully saturated rings. The Kier molecular flexibility index (Phi) is 8.31. The molecule has 0 unspecified atom stereocenters. The van der Waals surface area contributed by atoms with Crippen LogP contribution >= 0.6 is 0 Å². The van der Waals surface area contributed by atoms with E-state index in [4.69, 9.17) is 4.74 Å². The second kappa shape index (κ2) is 11.4. The van der Waals surface area contributed by atoms with Gasteiger partial charge in [0.2, 0.25) is 5.82 Å². The molecule has 2 heterocycles. The van der Waals surface area contributed by atoms with Gasteiger partial charge in [0.15, 0.2) is 0 Å². The van der Waals surface area contributed by atoms with Crippen molar-refractivity contribution >= 4 is 17.5 Å². The number of benzene rings is 2. The molecule has 1 amide bonds. The average Bonchev–Trinajstić information content (AvgIpc) is 3.33. The molecule has 1 aliphatic heterocycles. The highest BCUT2D eigenvalue weighted by Gasteiger charge is 2.45. The van der Waals surface area contributed by atoms with Gasteiger partial charge in [-0.25, -0.2) is 4.79 Å². The van der Waals surface area contributed by atoms with Gasteiger partial charge in [0.25, 0.3) is 0 Å². The van der Waals surface area contributed by atoms with Crippen molar-refractivity contribution in [2.75, 3.05) is 23.0 Å². The Labute approximate surface area is 229 Å². The van der Waals surface area contributed by atoms with Gasteiger partial charge in [-0.1, -0.05) is 19.1 Å². The van der Waals surface area contributed by atoms with Crippen LogP contribution in [0.3, 0.4) is 0 Å². The predicted molar refractivity (Wildman–Crippen MR) is 131 cm³/mol. The van der Waals surface area contributed by atoms with E-state index in [1.54, 1.807) is 13.8 Å². The fraction of sp³-hybridized carbons (Fsp3) is 0.440. The fourth-order valence-electron chi connectivity index (χ4n) is 4.56. The van der Waals surface area contributed by atoms with Crippen molar-refractivity contribution < 1.29 is 45.0 Å². The molecule has 0 saturated carbocycles. The second-order valence-electron chi connectivity index (χ2n) is 9.06. The van der Waals surface area contributed by atoms with Crippen LogP contribution in [0.5, 0.6) is 5.75 Å². The van der Waals surface area contributed by atoms with Crippen molar-refractivity contribution in [2.24, 2.45) is 7.05 Å². The molecule has 1 aliphatic rings. The highest BCUT2D eigenvalue weighted by molar-refractivity contribution is 5.95. The van der Waals surface area contributed by atoms with Gasteiger partial charge in [-0.05, 0) is 54.5 Å². The minimum absolute atomic E-state index is 0.0215. The van der Waals surface area contributed by atoms with E-state index in [9.17, 15) is 35.5 Å². The number of carbonyl (C=O) groups is 1. The number of aromatic nitrogens is 4. The number of hydrogen-bond acceptors (Lipinski definition) is 7. The highest BCUT2D eigenvalue weighted by atomic mass is 19.4. The predicted octanol–water partition coefficient (Wildman–Crippen LogP) is 5.82. The molecule has 3 aromatic rings. The number of rotatable bonds is 8. The second-order valence-corrected chi connectivity index (χ2v) is 9.06. The van der Waals surface area contributed by atoms with Gasteiger partial charge in [-0.15, -0.1) is 10.2 Å². The van der Waals surface area contributed by atoms with Crippen LogP contribution < -0.4 is 14.5 Å². The third-order valence-electron chi connectivity index (χ3n) is 6.34. The number of fused-ring (bicyclic) bond motifs is 1. The molecular formula is C25H25F7N6O3. The lowest BCUT2D eigenvalue weighted by molar-refractivity contribution is -0.253. The maximum absolute atomic E-state index is 13.8. The molecule has 16 heteroatoms. The first-order chi connectivity index (χ1) is 19.3. The number of hydrogen-bond donors (Lipinski definition) is 0. The molecule has 41 heavy (non-hydrogen) atoms. The minimum Gasteiger partial charge on any atom is -0.449 e. The molecule has 2 aromatic carbocycles. The van der Waals surface area contributed by atoms with E-state index in [1.807, 2.05) is 0 Å². The van der Waals surface area contributed by atoms with Crippen molar-refractivity contribution in [3.63, 3.8) is 0 Å². The van der Waals surface area contributed by atoms with Gasteiger partial charge in [0.1, 0.15) is 11.8 Å². The summed E-state index contributed by atoms with van der Waals surface area (Å²) in [5, 5.41) is 12.0. The van der Waals surface area contributed by atoms with Crippen LogP contribution in [0.25, 0.3) is 0 Å². The summed E-state index contributed by atoms with van der Waals surface area (Å²) in [6, 6.07) is 5.82. The number of tetrazole rings is 1. The summed E-state index contributed by atoms with van der Waals surface area (Å²) in [5.41, 5.74) is -0.845. The zero-order chi connectivity index (χ0) is 30.1. The number of aryl methyl sites for hydroxylation is 1. The molecular weight excluding hydrogens is 565 g/mol. The van der Waals surface area contributed by atoms with Gasteiger partial charge in [0.05, 0.1) is 36.6 Å². The van der Waals surface area contributed by atoms with E-state index in [0.717, 1.165) is 35.1 Å². The summed E-state index contributed by atoms with van der Waals surface area (Å²) in [4.78, 5) is 16.8. The fourth-order valence-corrected chi connectivity index (χ4v) is 4.56.